The Hall–Kier alpha value is -2.60. The summed E-state index contributed by atoms with van der Waals surface area (Å²) in [6.07, 6.45) is 5.44. The molecule has 5 nitrogen and oxygen atoms in total. The molecule has 1 amide bonds. The zero-order valence-electron chi connectivity index (χ0n) is 16.5. The molecule has 2 aromatic rings. The van der Waals surface area contributed by atoms with E-state index in [1.54, 1.807) is 24.1 Å². The molecule has 2 aliphatic heterocycles. The predicted molar refractivity (Wildman–Crippen MR) is 119 cm³/mol. The average Bonchev–Trinajstić information content (AvgIpc) is 3.11. The molecule has 0 fully saturated rings. The number of aryl methyl sites for hydroxylation is 1. The van der Waals surface area contributed by atoms with Crippen molar-refractivity contribution in [2.45, 2.75) is 25.8 Å². The van der Waals surface area contributed by atoms with Gasteiger partial charge in [0, 0.05) is 30.2 Å². The summed E-state index contributed by atoms with van der Waals surface area (Å²) in [4.78, 5) is 19.7. The Morgan fingerprint density at radius 2 is 2.00 bits per heavy atom. The number of amides is 1. The summed E-state index contributed by atoms with van der Waals surface area (Å²) in [6.45, 7) is 2.63. The predicted octanol–water partition coefficient (Wildman–Crippen LogP) is 5.14. The van der Waals surface area contributed by atoms with Crippen LogP contribution in [0.25, 0.3) is 5.57 Å². The molecule has 1 atom stereocenters. The Labute approximate surface area is 179 Å². The van der Waals surface area contributed by atoms with Gasteiger partial charge in [-0.1, -0.05) is 45.8 Å². The van der Waals surface area contributed by atoms with Gasteiger partial charge in [0.1, 0.15) is 0 Å². The smallest absolute Gasteiger partial charge is 0.260 e. The lowest BCUT2D eigenvalue weighted by atomic mass is 10.0. The first-order valence-corrected chi connectivity index (χ1v) is 10.8. The fourth-order valence-corrected chi connectivity index (χ4v) is 3.80. The molecule has 2 heterocycles. The second kappa shape index (κ2) is 8.41. The van der Waals surface area contributed by atoms with Gasteiger partial charge in [0.25, 0.3) is 5.91 Å². The first-order chi connectivity index (χ1) is 14.1. The minimum absolute atomic E-state index is 0.0741. The van der Waals surface area contributed by atoms with Gasteiger partial charge in [-0.15, -0.1) is 0 Å². The molecule has 0 aliphatic carbocycles. The second-order valence-corrected chi connectivity index (χ2v) is 7.99. The normalized spacial score (nSPS) is 17.5. The van der Waals surface area contributed by atoms with Crippen molar-refractivity contribution in [1.82, 2.24) is 4.90 Å². The molecule has 0 radical (unpaired) electrons. The quantitative estimate of drug-likeness (QED) is 0.448. The second-order valence-electron chi connectivity index (χ2n) is 7.19. The molecule has 6 heteroatoms. The lowest BCUT2D eigenvalue weighted by Crippen LogP contribution is -2.32. The van der Waals surface area contributed by atoms with E-state index < -0.39 is 0 Å². The van der Waals surface area contributed by atoms with Gasteiger partial charge in [0.2, 0.25) is 0 Å². The van der Waals surface area contributed by atoms with Crippen molar-refractivity contribution in [2.24, 2.45) is 4.99 Å². The third-order valence-electron chi connectivity index (χ3n) is 5.17. The molecular formula is C23H23BrN2O3. The van der Waals surface area contributed by atoms with Crippen LogP contribution in [-0.4, -0.2) is 42.1 Å². The maximum absolute atomic E-state index is 13.3. The van der Waals surface area contributed by atoms with Crippen LogP contribution in [-0.2, 0) is 0 Å². The van der Waals surface area contributed by atoms with Crippen LogP contribution in [0.15, 0.2) is 47.6 Å². The number of ether oxygens (including phenoxy) is 2. The molecule has 1 unspecified atom stereocenters. The van der Waals surface area contributed by atoms with Gasteiger partial charge in [-0.25, -0.2) is 0 Å². The summed E-state index contributed by atoms with van der Waals surface area (Å²) in [5.74, 6) is 1.08. The number of carbonyl (C=O) groups excluding carboxylic acids is 1. The number of carbonyl (C=O) groups is 1. The van der Waals surface area contributed by atoms with Gasteiger partial charge in [0.15, 0.2) is 11.5 Å². The standard InChI is InChI=1S/C23H23BrN2O3/c1-15-4-6-16(7-5-15)17-10-18-13-25-20-12-22(29-9-3-8-24)21(28-2)11-19(20)23(27)26(18)14-17/h4-7,11-14,18H,3,8-10H2,1-2H3. The number of alkyl halides is 1. The van der Waals surface area contributed by atoms with Crippen molar-refractivity contribution in [3.05, 3.63) is 59.3 Å². The van der Waals surface area contributed by atoms with Gasteiger partial charge in [0.05, 0.1) is 31.0 Å². The van der Waals surface area contributed by atoms with E-state index in [-0.39, 0.29) is 11.9 Å². The number of benzene rings is 2. The van der Waals surface area contributed by atoms with Crippen molar-refractivity contribution in [2.75, 3.05) is 19.0 Å². The molecule has 0 aromatic heterocycles. The van der Waals surface area contributed by atoms with Crippen LogP contribution >= 0.6 is 15.9 Å². The van der Waals surface area contributed by atoms with Crippen molar-refractivity contribution >= 4 is 39.3 Å². The number of hydrogen-bond donors (Lipinski definition) is 0. The lowest BCUT2D eigenvalue weighted by molar-refractivity contribution is 0.0817. The highest BCUT2D eigenvalue weighted by molar-refractivity contribution is 9.09. The minimum Gasteiger partial charge on any atom is -0.493 e. The first kappa shape index (κ1) is 19.7. The molecule has 29 heavy (non-hydrogen) atoms. The fourth-order valence-electron chi connectivity index (χ4n) is 3.58. The zero-order chi connectivity index (χ0) is 20.4. The summed E-state index contributed by atoms with van der Waals surface area (Å²) in [7, 11) is 1.58. The van der Waals surface area contributed by atoms with Crippen molar-refractivity contribution in [3.8, 4) is 11.5 Å². The number of fused-ring (bicyclic) bond motifs is 2. The van der Waals surface area contributed by atoms with E-state index in [2.05, 4.69) is 52.1 Å². The summed E-state index contributed by atoms with van der Waals surface area (Å²) < 4.78 is 11.3. The van der Waals surface area contributed by atoms with E-state index in [1.165, 1.54) is 5.56 Å². The maximum Gasteiger partial charge on any atom is 0.260 e. The number of halogens is 1. The molecule has 4 rings (SSSR count). The largest absolute Gasteiger partial charge is 0.493 e. The van der Waals surface area contributed by atoms with Crippen LogP contribution in [0.2, 0.25) is 0 Å². The lowest BCUT2D eigenvalue weighted by Gasteiger charge is -2.19. The molecule has 0 N–H and O–H groups in total. The van der Waals surface area contributed by atoms with Crippen LogP contribution in [0.1, 0.15) is 34.3 Å². The van der Waals surface area contributed by atoms with Crippen molar-refractivity contribution < 1.29 is 14.3 Å². The minimum atomic E-state index is -0.0880. The van der Waals surface area contributed by atoms with Crippen LogP contribution in [0.3, 0.4) is 0 Å². The summed E-state index contributed by atoms with van der Waals surface area (Å²) in [5.41, 5.74) is 4.63. The van der Waals surface area contributed by atoms with E-state index in [1.807, 2.05) is 12.4 Å². The van der Waals surface area contributed by atoms with Gasteiger partial charge in [-0.05, 0) is 30.5 Å². The Balaban J connectivity index is 1.65. The summed E-state index contributed by atoms with van der Waals surface area (Å²) in [5, 5.41) is 0.864. The molecule has 0 saturated heterocycles. The maximum atomic E-state index is 13.3. The summed E-state index contributed by atoms with van der Waals surface area (Å²) >= 11 is 3.40. The van der Waals surface area contributed by atoms with E-state index in [9.17, 15) is 4.79 Å². The Morgan fingerprint density at radius 1 is 1.21 bits per heavy atom. The number of methoxy groups -OCH3 is 1. The van der Waals surface area contributed by atoms with Crippen LogP contribution in [0.4, 0.5) is 5.69 Å². The Bertz CT molecular complexity index is 982. The highest BCUT2D eigenvalue weighted by Gasteiger charge is 2.33. The molecule has 0 bridgehead atoms. The van der Waals surface area contributed by atoms with E-state index in [4.69, 9.17) is 9.47 Å². The van der Waals surface area contributed by atoms with Crippen LogP contribution in [0.5, 0.6) is 11.5 Å². The van der Waals surface area contributed by atoms with Gasteiger partial charge < -0.3 is 14.4 Å². The molecule has 0 spiro atoms. The van der Waals surface area contributed by atoms with Gasteiger partial charge in [-0.2, -0.15) is 0 Å². The molecule has 150 valence electrons. The van der Waals surface area contributed by atoms with Gasteiger partial charge in [-0.3, -0.25) is 9.79 Å². The zero-order valence-corrected chi connectivity index (χ0v) is 18.1. The van der Waals surface area contributed by atoms with E-state index >= 15 is 0 Å². The highest BCUT2D eigenvalue weighted by Crippen LogP contribution is 2.39. The van der Waals surface area contributed by atoms with Crippen LogP contribution < -0.4 is 9.47 Å². The summed E-state index contributed by atoms with van der Waals surface area (Å²) in [6, 6.07) is 11.8. The number of hydrogen-bond acceptors (Lipinski definition) is 4. The van der Waals surface area contributed by atoms with E-state index in [0.29, 0.717) is 29.4 Å². The Kier molecular flexibility index (Phi) is 5.72. The topological polar surface area (TPSA) is 51.1 Å². The van der Waals surface area contributed by atoms with Crippen LogP contribution in [0, 0.1) is 6.92 Å². The first-order valence-electron chi connectivity index (χ1n) is 9.66. The monoisotopic (exact) mass is 454 g/mol. The van der Waals surface area contributed by atoms with Crippen molar-refractivity contribution in [3.63, 3.8) is 0 Å². The third-order valence-corrected chi connectivity index (χ3v) is 5.73. The molecular weight excluding hydrogens is 432 g/mol. The number of nitrogens with zero attached hydrogens (tertiary/aromatic N) is 2. The third kappa shape index (κ3) is 3.94. The number of aliphatic imine (C=N–C) groups is 1. The highest BCUT2D eigenvalue weighted by atomic mass is 79.9. The fraction of sp³-hybridized carbons (Fsp3) is 0.304. The molecule has 0 saturated carbocycles. The van der Waals surface area contributed by atoms with E-state index in [0.717, 1.165) is 29.3 Å². The molecule has 2 aliphatic rings. The SMILES string of the molecule is COc1cc2c(cc1OCCCBr)N=CC1CC(c3ccc(C)cc3)=CN1C2=O. The number of rotatable bonds is 6. The Morgan fingerprint density at radius 3 is 2.72 bits per heavy atom. The van der Waals surface area contributed by atoms with Crippen molar-refractivity contribution in [1.29, 1.82) is 0 Å². The molecule has 2 aromatic carbocycles. The van der Waals surface area contributed by atoms with Gasteiger partial charge >= 0.3 is 0 Å². The average molecular weight is 455 g/mol.